The van der Waals surface area contributed by atoms with Crippen molar-refractivity contribution in [3.8, 4) is 0 Å². The topological polar surface area (TPSA) is 32.3 Å². The van der Waals surface area contributed by atoms with Gasteiger partial charge in [0.2, 0.25) is 0 Å². The summed E-state index contributed by atoms with van der Waals surface area (Å²) < 4.78 is 0. The maximum atomic E-state index is 8.82. The molecular weight excluding hydrogens is 150 g/mol. The molecule has 0 saturated carbocycles. The van der Waals surface area contributed by atoms with Crippen LogP contribution in [0.15, 0.2) is 18.2 Å². The number of rotatable bonds is 3. The molecule has 0 amide bonds. The molecule has 2 nitrogen and oxygen atoms in total. The zero-order chi connectivity index (χ0) is 8.97. The fraction of sp³-hybridized carbons (Fsp3) is 0.400. The van der Waals surface area contributed by atoms with Gasteiger partial charge < -0.3 is 0 Å². The standard InChI is InChI=1S/C10H15NO/c1-3-4-9-6-5-8(2)7-10(9)11-12/h5-7,11-12H,3-4H2,1-2H3. The molecule has 0 aliphatic heterocycles. The molecule has 0 unspecified atom stereocenters. The van der Waals surface area contributed by atoms with E-state index in [-0.39, 0.29) is 0 Å². The summed E-state index contributed by atoms with van der Waals surface area (Å²) in [5, 5.41) is 8.82. The van der Waals surface area contributed by atoms with Crippen molar-refractivity contribution < 1.29 is 5.21 Å². The summed E-state index contributed by atoms with van der Waals surface area (Å²) in [6.07, 6.45) is 2.10. The molecule has 0 bridgehead atoms. The van der Waals surface area contributed by atoms with Gasteiger partial charge in [-0.3, -0.25) is 10.7 Å². The molecule has 1 aromatic rings. The third kappa shape index (κ3) is 1.98. The van der Waals surface area contributed by atoms with E-state index in [1.165, 1.54) is 5.56 Å². The van der Waals surface area contributed by atoms with Crippen LogP contribution in [0.2, 0.25) is 0 Å². The number of nitrogens with one attached hydrogen (secondary N) is 1. The number of aryl methyl sites for hydroxylation is 2. The van der Waals surface area contributed by atoms with Gasteiger partial charge >= 0.3 is 0 Å². The van der Waals surface area contributed by atoms with E-state index in [4.69, 9.17) is 5.21 Å². The second-order valence-electron chi connectivity index (χ2n) is 3.02. The smallest absolute Gasteiger partial charge is 0.0636 e. The van der Waals surface area contributed by atoms with Crippen LogP contribution in [-0.4, -0.2) is 5.21 Å². The molecule has 0 aromatic heterocycles. The second kappa shape index (κ2) is 4.12. The van der Waals surface area contributed by atoms with Crippen molar-refractivity contribution in [3.63, 3.8) is 0 Å². The summed E-state index contributed by atoms with van der Waals surface area (Å²) in [5.41, 5.74) is 5.38. The second-order valence-corrected chi connectivity index (χ2v) is 3.02. The zero-order valence-corrected chi connectivity index (χ0v) is 7.59. The minimum Gasteiger partial charge on any atom is -0.291 e. The Morgan fingerprint density at radius 1 is 1.42 bits per heavy atom. The Bertz CT molecular complexity index is 258. The largest absolute Gasteiger partial charge is 0.291 e. The van der Waals surface area contributed by atoms with Crippen LogP contribution in [-0.2, 0) is 6.42 Å². The van der Waals surface area contributed by atoms with Gasteiger partial charge in [0.1, 0.15) is 0 Å². The van der Waals surface area contributed by atoms with Crippen LogP contribution in [0, 0.1) is 6.92 Å². The summed E-state index contributed by atoms with van der Waals surface area (Å²) in [6, 6.07) is 6.06. The van der Waals surface area contributed by atoms with Crippen LogP contribution < -0.4 is 5.48 Å². The summed E-state index contributed by atoms with van der Waals surface area (Å²) in [7, 11) is 0. The number of anilines is 1. The van der Waals surface area contributed by atoms with Crippen LogP contribution in [0.5, 0.6) is 0 Å². The van der Waals surface area contributed by atoms with Crippen LogP contribution in [0.4, 0.5) is 5.69 Å². The third-order valence-electron chi connectivity index (χ3n) is 1.91. The van der Waals surface area contributed by atoms with Gasteiger partial charge in [-0.25, -0.2) is 0 Å². The van der Waals surface area contributed by atoms with Crippen LogP contribution >= 0.6 is 0 Å². The average molecular weight is 165 g/mol. The highest BCUT2D eigenvalue weighted by atomic mass is 16.5. The monoisotopic (exact) mass is 165 g/mol. The van der Waals surface area contributed by atoms with E-state index in [1.54, 1.807) is 0 Å². The van der Waals surface area contributed by atoms with Gasteiger partial charge in [0.25, 0.3) is 0 Å². The van der Waals surface area contributed by atoms with E-state index in [1.807, 2.05) is 13.0 Å². The van der Waals surface area contributed by atoms with Crippen molar-refractivity contribution in [2.24, 2.45) is 0 Å². The Labute approximate surface area is 73.2 Å². The summed E-state index contributed by atoms with van der Waals surface area (Å²) >= 11 is 0. The van der Waals surface area contributed by atoms with Gasteiger partial charge in [-0.05, 0) is 30.5 Å². The molecule has 0 spiro atoms. The molecule has 0 aliphatic rings. The van der Waals surface area contributed by atoms with E-state index < -0.39 is 0 Å². The van der Waals surface area contributed by atoms with Crippen LogP contribution in [0.3, 0.4) is 0 Å². The van der Waals surface area contributed by atoms with Crippen LogP contribution in [0.25, 0.3) is 0 Å². The first-order chi connectivity index (χ1) is 5.77. The van der Waals surface area contributed by atoms with Crippen molar-refractivity contribution >= 4 is 5.69 Å². The van der Waals surface area contributed by atoms with Crippen molar-refractivity contribution in [1.29, 1.82) is 0 Å². The Morgan fingerprint density at radius 2 is 2.17 bits per heavy atom. The minimum atomic E-state index is 0.830. The van der Waals surface area contributed by atoms with Crippen molar-refractivity contribution in [2.45, 2.75) is 26.7 Å². The summed E-state index contributed by atoms with van der Waals surface area (Å²) in [5.74, 6) is 0. The molecule has 2 N–H and O–H groups in total. The number of hydrogen-bond acceptors (Lipinski definition) is 2. The summed E-state index contributed by atoms with van der Waals surface area (Å²) in [6.45, 7) is 4.14. The molecule has 0 radical (unpaired) electrons. The van der Waals surface area contributed by atoms with Crippen molar-refractivity contribution in [1.82, 2.24) is 0 Å². The van der Waals surface area contributed by atoms with Gasteiger partial charge in [-0.15, -0.1) is 0 Å². The Balaban J connectivity index is 2.94. The molecule has 1 aromatic carbocycles. The quantitative estimate of drug-likeness (QED) is 0.675. The Morgan fingerprint density at radius 3 is 2.75 bits per heavy atom. The van der Waals surface area contributed by atoms with Crippen LogP contribution in [0.1, 0.15) is 24.5 Å². The maximum absolute atomic E-state index is 8.82. The third-order valence-corrected chi connectivity index (χ3v) is 1.91. The first-order valence-corrected chi connectivity index (χ1v) is 4.27. The van der Waals surface area contributed by atoms with Gasteiger partial charge in [-0.2, -0.15) is 0 Å². The van der Waals surface area contributed by atoms with E-state index in [0.717, 1.165) is 24.1 Å². The Kier molecular flexibility index (Phi) is 3.11. The summed E-state index contributed by atoms with van der Waals surface area (Å²) in [4.78, 5) is 0. The molecule has 1 rings (SSSR count). The molecule has 0 saturated heterocycles. The fourth-order valence-electron chi connectivity index (χ4n) is 1.28. The van der Waals surface area contributed by atoms with E-state index in [9.17, 15) is 0 Å². The van der Waals surface area contributed by atoms with Gasteiger partial charge in [0, 0.05) is 0 Å². The predicted octanol–water partition coefficient (Wildman–Crippen LogP) is 2.75. The maximum Gasteiger partial charge on any atom is 0.0636 e. The first-order valence-electron chi connectivity index (χ1n) is 4.27. The molecule has 0 atom stereocenters. The molecular formula is C10H15NO. The normalized spacial score (nSPS) is 9.92. The minimum absolute atomic E-state index is 0.830. The lowest BCUT2D eigenvalue weighted by atomic mass is 10.1. The highest BCUT2D eigenvalue weighted by molar-refractivity contribution is 5.51. The number of benzene rings is 1. The average Bonchev–Trinajstić information content (AvgIpc) is 2.08. The van der Waals surface area contributed by atoms with Gasteiger partial charge in [0.05, 0.1) is 5.69 Å². The predicted molar refractivity (Wildman–Crippen MR) is 50.6 cm³/mol. The van der Waals surface area contributed by atoms with Gasteiger partial charge in [-0.1, -0.05) is 25.5 Å². The van der Waals surface area contributed by atoms with Crippen molar-refractivity contribution in [2.75, 3.05) is 5.48 Å². The molecule has 12 heavy (non-hydrogen) atoms. The molecule has 2 heteroatoms. The lowest BCUT2D eigenvalue weighted by molar-refractivity contribution is 0.388. The van der Waals surface area contributed by atoms with E-state index in [2.05, 4.69) is 24.5 Å². The highest BCUT2D eigenvalue weighted by Crippen LogP contribution is 2.18. The fourth-order valence-corrected chi connectivity index (χ4v) is 1.28. The molecule has 0 heterocycles. The molecule has 0 fully saturated rings. The lowest BCUT2D eigenvalue weighted by Gasteiger charge is -2.07. The molecule has 0 aliphatic carbocycles. The molecule has 66 valence electrons. The Hall–Kier alpha value is -1.02. The van der Waals surface area contributed by atoms with E-state index >= 15 is 0 Å². The van der Waals surface area contributed by atoms with Gasteiger partial charge in [0.15, 0.2) is 0 Å². The highest BCUT2D eigenvalue weighted by Gasteiger charge is 1.99. The number of hydrogen-bond donors (Lipinski definition) is 2. The first kappa shape index (κ1) is 9.07. The van der Waals surface area contributed by atoms with Crippen molar-refractivity contribution in [3.05, 3.63) is 29.3 Å². The lowest BCUT2D eigenvalue weighted by Crippen LogP contribution is -1.96. The SMILES string of the molecule is CCCc1ccc(C)cc1NO. The van der Waals surface area contributed by atoms with E-state index in [0.29, 0.717) is 0 Å². The zero-order valence-electron chi connectivity index (χ0n) is 7.59.